The Kier molecular flexibility index (Phi) is 4.60. The Balaban J connectivity index is 2.00. The number of benzene rings is 2. The zero-order valence-corrected chi connectivity index (χ0v) is 10.9. The summed E-state index contributed by atoms with van der Waals surface area (Å²) in [6.45, 7) is 0.0157. The Bertz CT molecular complexity index is 566. The molecule has 2 aromatic carbocycles. The first-order chi connectivity index (χ1) is 9.66. The molecule has 0 saturated heterocycles. The molecule has 0 amide bonds. The third kappa shape index (κ3) is 3.75. The largest absolute Gasteiger partial charge is 0.504 e. The number of aromatic hydroxyl groups is 1. The highest BCUT2D eigenvalue weighted by Gasteiger charge is 2.19. The third-order valence-corrected chi connectivity index (χ3v) is 2.98. The van der Waals surface area contributed by atoms with Gasteiger partial charge in [0.25, 0.3) is 0 Å². The smallest absolute Gasteiger partial charge is 0.310 e. The Labute approximate surface area is 117 Å². The Morgan fingerprint density at radius 2 is 1.70 bits per heavy atom. The highest BCUT2D eigenvalue weighted by molar-refractivity contribution is 5.70. The van der Waals surface area contributed by atoms with E-state index >= 15 is 0 Å². The van der Waals surface area contributed by atoms with E-state index in [2.05, 4.69) is 0 Å². The van der Waals surface area contributed by atoms with E-state index in [9.17, 15) is 15.0 Å². The van der Waals surface area contributed by atoms with Crippen molar-refractivity contribution in [2.45, 2.75) is 6.42 Å². The van der Waals surface area contributed by atoms with Gasteiger partial charge in [-0.15, -0.1) is 0 Å². The molecule has 0 bridgehead atoms. The molecule has 0 heterocycles. The van der Waals surface area contributed by atoms with Gasteiger partial charge in [-0.1, -0.05) is 42.5 Å². The summed E-state index contributed by atoms with van der Waals surface area (Å²) in [6.07, 6.45) is 0.393. The molecule has 104 valence electrons. The number of phenols is 1. The molecule has 0 radical (unpaired) electrons. The fourth-order valence-electron chi connectivity index (χ4n) is 1.89. The van der Waals surface area contributed by atoms with E-state index in [4.69, 9.17) is 4.74 Å². The Morgan fingerprint density at radius 1 is 1.05 bits per heavy atom. The normalized spacial score (nSPS) is 11.8. The van der Waals surface area contributed by atoms with Gasteiger partial charge in [0.2, 0.25) is 0 Å². The summed E-state index contributed by atoms with van der Waals surface area (Å²) < 4.78 is 5.40. The molecule has 0 spiro atoms. The molecule has 4 heteroatoms. The molecule has 20 heavy (non-hydrogen) atoms. The molecule has 2 N–H and O–H groups in total. The number of phenolic OH excluding ortho intramolecular Hbond substituents is 1. The van der Waals surface area contributed by atoms with Crippen molar-refractivity contribution in [2.75, 3.05) is 6.61 Å². The summed E-state index contributed by atoms with van der Waals surface area (Å²) in [5, 5.41) is 18.8. The second-order valence-electron chi connectivity index (χ2n) is 4.50. The number of aliphatic carboxylic acids is 1. The van der Waals surface area contributed by atoms with Crippen molar-refractivity contribution >= 4 is 5.97 Å². The van der Waals surface area contributed by atoms with Gasteiger partial charge in [-0.3, -0.25) is 4.79 Å². The number of carboxylic acid groups (broad SMARTS) is 1. The summed E-state index contributed by atoms with van der Waals surface area (Å²) in [5.74, 6) is -1.26. The SMILES string of the molecule is O=C(O)C(COc1ccccc1O)Cc1ccccc1. The van der Waals surface area contributed by atoms with Gasteiger partial charge in [0.05, 0.1) is 5.92 Å². The van der Waals surface area contributed by atoms with Crippen molar-refractivity contribution in [3.8, 4) is 11.5 Å². The van der Waals surface area contributed by atoms with Gasteiger partial charge in [0.1, 0.15) is 6.61 Å². The van der Waals surface area contributed by atoms with E-state index < -0.39 is 11.9 Å². The average Bonchev–Trinajstić information content (AvgIpc) is 2.46. The van der Waals surface area contributed by atoms with Gasteiger partial charge in [0, 0.05) is 0 Å². The van der Waals surface area contributed by atoms with Crippen LogP contribution in [0, 0.1) is 5.92 Å². The van der Waals surface area contributed by atoms with Gasteiger partial charge in [-0.05, 0) is 24.1 Å². The molecular formula is C16H16O4. The predicted molar refractivity (Wildman–Crippen MR) is 74.9 cm³/mol. The van der Waals surface area contributed by atoms with Crippen molar-refractivity contribution < 1.29 is 19.7 Å². The van der Waals surface area contributed by atoms with Crippen LogP contribution in [0.15, 0.2) is 54.6 Å². The number of carboxylic acids is 1. The quantitative estimate of drug-likeness (QED) is 0.848. The molecule has 0 fully saturated rings. The van der Waals surface area contributed by atoms with Gasteiger partial charge in [-0.25, -0.2) is 0 Å². The monoisotopic (exact) mass is 272 g/mol. The Morgan fingerprint density at radius 3 is 2.35 bits per heavy atom. The molecule has 2 aromatic rings. The molecule has 2 rings (SSSR count). The second-order valence-corrected chi connectivity index (χ2v) is 4.50. The van der Waals surface area contributed by atoms with Crippen LogP contribution in [0.25, 0.3) is 0 Å². The summed E-state index contributed by atoms with van der Waals surface area (Å²) in [4.78, 5) is 11.3. The van der Waals surface area contributed by atoms with E-state index in [0.29, 0.717) is 12.2 Å². The van der Waals surface area contributed by atoms with E-state index in [1.54, 1.807) is 18.2 Å². The maximum atomic E-state index is 11.3. The van der Waals surface area contributed by atoms with Crippen LogP contribution in [0.3, 0.4) is 0 Å². The molecule has 0 aliphatic heterocycles. The topological polar surface area (TPSA) is 66.8 Å². The average molecular weight is 272 g/mol. The summed E-state index contributed by atoms with van der Waals surface area (Å²) in [7, 11) is 0. The van der Waals surface area contributed by atoms with Gasteiger partial charge < -0.3 is 14.9 Å². The lowest BCUT2D eigenvalue weighted by Crippen LogP contribution is -2.23. The van der Waals surface area contributed by atoms with Crippen molar-refractivity contribution in [3.63, 3.8) is 0 Å². The molecular weight excluding hydrogens is 256 g/mol. The van der Waals surface area contributed by atoms with Crippen molar-refractivity contribution in [1.29, 1.82) is 0 Å². The van der Waals surface area contributed by atoms with Crippen molar-refractivity contribution in [3.05, 3.63) is 60.2 Å². The predicted octanol–water partition coefficient (Wildman–Crippen LogP) is 2.71. The fourth-order valence-corrected chi connectivity index (χ4v) is 1.89. The minimum Gasteiger partial charge on any atom is -0.504 e. The first-order valence-corrected chi connectivity index (χ1v) is 6.34. The number of rotatable bonds is 6. The van der Waals surface area contributed by atoms with Crippen molar-refractivity contribution in [1.82, 2.24) is 0 Å². The zero-order chi connectivity index (χ0) is 14.4. The molecule has 0 aliphatic carbocycles. The lowest BCUT2D eigenvalue weighted by atomic mass is 10.0. The highest BCUT2D eigenvalue weighted by atomic mass is 16.5. The number of carbonyl (C=O) groups is 1. The molecule has 4 nitrogen and oxygen atoms in total. The van der Waals surface area contributed by atoms with Crippen LogP contribution in [0.2, 0.25) is 0 Å². The molecule has 0 aromatic heterocycles. The first-order valence-electron chi connectivity index (χ1n) is 6.34. The lowest BCUT2D eigenvalue weighted by molar-refractivity contribution is -0.142. The van der Waals surface area contributed by atoms with Gasteiger partial charge >= 0.3 is 5.97 Å². The number of para-hydroxylation sites is 2. The third-order valence-electron chi connectivity index (χ3n) is 2.98. The zero-order valence-electron chi connectivity index (χ0n) is 10.9. The lowest BCUT2D eigenvalue weighted by Gasteiger charge is -2.14. The molecule has 0 saturated carbocycles. The van der Waals surface area contributed by atoms with E-state index in [1.165, 1.54) is 6.07 Å². The first kappa shape index (κ1) is 13.9. The summed E-state index contributed by atoms with van der Waals surface area (Å²) in [5.41, 5.74) is 0.945. The molecule has 1 atom stereocenters. The fraction of sp³-hybridized carbons (Fsp3) is 0.188. The number of hydrogen-bond acceptors (Lipinski definition) is 3. The molecule has 0 aliphatic rings. The number of hydrogen-bond donors (Lipinski definition) is 2. The van der Waals surface area contributed by atoms with Crippen LogP contribution in [-0.2, 0) is 11.2 Å². The van der Waals surface area contributed by atoms with E-state index in [-0.39, 0.29) is 12.4 Å². The van der Waals surface area contributed by atoms with E-state index in [1.807, 2.05) is 30.3 Å². The van der Waals surface area contributed by atoms with Crippen LogP contribution in [0.1, 0.15) is 5.56 Å². The number of ether oxygens (including phenoxy) is 1. The van der Waals surface area contributed by atoms with E-state index in [0.717, 1.165) is 5.56 Å². The highest BCUT2D eigenvalue weighted by Crippen LogP contribution is 2.25. The minimum absolute atomic E-state index is 0.0105. The van der Waals surface area contributed by atoms with Crippen LogP contribution in [-0.4, -0.2) is 22.8 Å². The summed E-state index contributed by atoms with van der Waals surface area (Å²) in [6, 6.07) is 15.9. The van der Waals surface area contributed by atoms with Crippen LogP contribution < -0.4 is 4.74 Å². The van der Waals surface area contributed by atoms with Crippen LogP contribution in [0.5, 0.6) is 11.5 Å². The standard InChI is InChI=1S/C16H16O4/c17-14-8-4-5-9-15(14)20-11-13(16(18)19)10-12-6-2-1-3-7-12/h1-9,13,17H,10-11H2,(H,18,19). The molecule has 1 unspecified atom stereocenters. The van der Waals surface area contributed by atoms with Crippen LogP contribution in [0.4, 0.5) is 0 Å². The maximum absolute atomic E-state index is 11.3. The Hall–Kier alpha value is -2.49. The van der Waals surface area contributed by atoms with Crippen molar-refractivity contribution in [2.24, 2.45) is 5.92 Å². The van der Waals surface area contributed by atoms with Gasteiger partial charge in [0.15, 0.2) is 11.5 Å². The second kappa shape index (κ2) is 6.61. The minimum atomic E-state index is -0.913. The maximum Gasteiger partial charge on any atom is 0.310 e. The van der Waals surface area contributed by atoms with Gasteiger partial charge in [-0.2, -0.15) is 0 Å². The summed E-state index contributed by atoms with van der Waals surface area (Å²) >= 11 is 0. The van der Waals surface area contributed by atoms with Crippen LogP contribution >= 0.6 is 0 Å².